The van der Waals surface area contributed by atoms with Gasteiger partial charge in [-0.3, -0.25) is 9.98 Å². The van der Waals surface area contributed by atoms with E-state index >= 15 is 0 Å². The molecular weight excluding hydrogens is 288 g/mol. The molecule has 1 aromatic carbocycles. The summed E-state index contributed by atoms with van der Waals surface area (Å²) in [6, 6.07) is 12.1. The van der Waals surface area contributed by atoms with Crippen molar-refractivity contribution in [1.82, 2.24) is 15.6 Å². The van der Waals surface area contributed by atoms with Crippen LogP contribution in [0, 0.1) is 6.92 Å². The van der Waals surface area contributed by atoms with Crippen LogP contribution < -0.4 is 15.4 Å². The van der Waals surface area contributed by atoms with Gasteiger partial charge in [0, 0.05) is 38.4 Å². The van der Waals surface area contributed by atoms with Crippen molar-refractivity contribution in [2.24, 2.45) is 4.99 Å². The molecule has 0 atom stereocenters. The van der Waals surface area contributed by atoms with Gasteiger partial charge in [-0.25, -0.2) is 0 Å². The van der Waals surface area contributed by atoms with Gasteiger partial charge in [0.05, 0.1) is 7.11 Å². The molecular formula is C18H24N4O. The molecule has 2 aromatic rings. The molecule has 0 radical (unpaired) electrons. The van der Waals surface area contributed by atoms with Crippen molar-refractivity contribution in [2.75, 3.05) is 20.7 Å². The van der Waals surface area contributed by atoms with Gasteiger partial charge >= 0.3 is 0 Å². The van der Waals surface area contributed by atoms with Gasteiger partial charge in [0.15, 0.2) is 5.96 Å². The maximum Gasteiger partial charge on any atom is 0.191 e. The van der Waals surface area contributed by atoms with Gasteiger partial charge in [0.2, 0.25) is 0 Å². The first-order valence-electron chi connectivity index (χ1n) is 7.71. The molecule has 23 heavy (non-hydrogen) atoms. The molecule has 0 bridgehead atoms. The maximum absolute atomic E-state index is 5.28. The van der Waals surface area contributed by atoms with Crippen LogP contribution in [-0.4, -0.2) is 31.6 Å². The van der Waals surface area contributed by atoms with Crippen molar-refractivity contribution in [3.8, 4) is 5.75 Å². The molecule has 5 heteroatoms. The highest BCUT2D eigenvalue weighted by Crippen LogP contribution is 2.18. The van der Waals surface area contributed by atoms with Crippen LogP contribution >= 0.6 is 0 Å². The van der Waals surface area contributed by atoms with E-state index in [4.69, 9.17) is 4.74 Å². The predicted octanol–water partition coefficient (Wildman–Crippen LogP) is 2.31. The van der Waals surface area contributed by atoms with E-state index in [0.717, 1.165) is 35.9 Å². The summed E-state index contributed by atoms with van der Waals surface area (Å²) in [7, 11) is 3.46. The van der Waals surface area contributed by atoms with Crippen LogP contribution in [0.15, 0.2) is 47.6 Å². The molecule has 5 nitrogen and oxygen atoms in total. The molecule has 1 heterocycles. The Morgan fingerprint density at radius 1 is 1.22 bits per heavy atom. The second-order valence-electron chi connectivity index (χ2n) is 5.23. The van der Waals surface area contributed by atoms with E-state index in [1.54, 1.807) is 14.2 Å². The Morgan fingerprint density at radius 2 is 2.09 bits per heavy atom. The number of hydrogen-bond acceptors (Lipinski definition) is 3. The molecule has 0 aliphatic carbocycles. The molecule has 2 rings (SSSR count). The van der Waals surface area contributed by atoms with Crippen LogP contribution in [0.3, 0.4) is 0 Å². The quantitative estimate of drug-likeness (QED) is 0.635. The normalized spacial score (nSPS) is 11.2. The lowest BCUT2D eigenvalue weighted by Crippen LogP contribution is -2.37. The predicted molar refractivity (Wildman–Crippen MR) is 93.9 cm³/mol. The monoisotopic (exact) mass is 312 g/mol. The first-order valence-corrected chi connectivity index (χ1v) is 7.71. The van der Waals surface area contributed by atoms with Crippen LogP contribution in [0.4, 0.5) is 0 Å². The molecule has 0 amide bonds. The number of benzene rings is 1. The average molecular weight is 312 g/mol. The number of methoxy groups -OCH3 is 1. The SMILES string of the molecule is CN=C(NCCc1ccccn1)NCc1ccc(OC)c(C)c1. The molecule has 0 aliphatic heterocycles. The minimum atomic E-state index is 0.716. The molecule has 122 valence electrons. The van der Waals surface area contributed by atoms with Crippen LogP contribution in [0.5, 0.6) is 5.75 Å². The number of guanidine groups is 1. The van der Waals surface area contributed by atoms with Gasteiger partial charge in [0.1, 0.15) is 5.75 Å². The van der Waals surface area contributed by atoms with Gasteiger partial charge in [-0.05, 0) is 36.2 Å². The summed E-state index contributed by atoms with van der Waals surface area (Å²) >= 11 is 0. The van der Waals surface area contributed by atoms with E-state index in [0.29, 0.717) is 6.54 Å². The van der Waals surface area contributed by atoms with E-state index in [1.807, 2.05) is 37.4 Å². The zero-order chi connectivity index (χ0) is 16.5. The van der Waals surface area contributed by atoms with Gasteiger partial charge < -0.3 is 15.4 Å². The fourth-order valence-electron chi connectivity index (χ4n) is 2.31. The Bertz CT molecular complexity index is 641. The van der Waals surface area contributed by atoms with Crippen LogP contribution in [-0.2, 0) is 13.0 Å². The first kappa shape index (κ1) is 16.8. The average Bonchev–Trinajstić information content (AvgIpc) is 2.59. The third-order valence-corrected chi connectivity index (χ3v) is 3.54. The zero-order valence-corrected chi connectivity index (χ0v) is 14.0. The van der Waals surface area contributed by atoms with E-state index < -0.39 is 0 Å². The molecule has 0 spiro atoms. The summed E-state index contributed by atoms with van der Waals surface area (Å²) in [6.45, 7) is 3.55. The topological polar surface area (TPSA) is 58.5 Å². The highest BCUT2D eigenvalue weighted by Gasteiger charge is 2.02. The number of hydrogen-bond donors (Lipinski definition) is 2. The number of rotatable bonds is 6. The third-order valence-electron chi connectivity index (χ3n) is 3.54. The molecule has 0 saturated heterocycles. The largest absolute Gasteiger partial charge is 0.496 e. The number of aliphatic imine (C=N–C) groups is 1. The third kappa shape index (κ3) is 5.29. The van der Waals surface area contributed by atoms with Crippen molar-refractivity contribution in [3.63, 3.8) is 0 Å². The van der Waals surface area contributed by atoms with E-state index in [9.17, 15) is 0 Å². The van der Waals surface area contributed by atoms with Crippen molar-refractivity contribution in [2.45, 2.75) is 19.9 Å². The van der Waals surface area contributed by atoms with Gasteiger partial charge in [-0.15, -0.1) is 0 Å². The Morgan fingerprint density at radius 3 is 2.74 bits per heavy atom. The number of nitrogens with one attached hydrogen (secondary N) is 2. The van der Waals surface area contributed by atoms with Crippen molar-refractivity contribution < 1.29 is 4.74 Å². The van der Waals surface area contributed by atoms with E-state index in [-0.39, 0.29) is 0 Å². The van der Waals surface area contributed by atoms with Crippen LogP contribution in [0.1, 0.15) is 16.8 Å². The number of aromatic nitrogens is 1. The van der Waals surface area contributed by atoms with Crippen molar-refractivity contribution in [3.05, 3.63) is 59.4 Å². The molecule has 1 aromatic heterocycles. The Labute approximate surface area is 137 Å². The lowest BCUT2D eigenvalue weighted by Gasteiger charge is -2.13. The highest BCUT2D eigenvalue weighted by atomic mass is 16.5. The Hall–Kier alpha value is -2.56. The second-order valence-corrected chi connectivity index (χ2v) is 5.23. The Balaban J connectivity index is 1.80. The minimum absolute atomic E-state index is 0.716. The van der Waals surface area contributed by atoms with Crippen molar-refractivity contribution in [1.29, 1.82) is 0 Å². The molecule has 0 fully saturated rings. The van der Waals surface area contributed by atoms with Crippen LogP contribution in [0.2, 0.25) is 0 Å². The fourth-order valence-corrected chi connectivity index (χ4v) is 2.31. The number of pyridine rings is 1. The smallest absolute Gasteiger partial charge is 0.191 e. The lowest BCUT2D eigenvalue weighted by molar-refractivity contribution is 0.411. The fraction of sp³-hybridized carbons (Fsp3) is 0.333. The first-order chi connectivity index (χ1) is 11.2. The van der Waals surface area contributed by atoms with E-state index in [2.05, 4.69) is 32.7 Å². The van der Waals surface area contributed by atoms with Gasteiger partial charge in [-0.2, -0.15) is 0 Å². The number of nitrogens with zero attached hydrogens (tertiary/aromatic N) is 2. The summed E-state index contributed by atoms with van der Waals surface area (Å²) in [5.74, 6) is 1.70. The summed E-state index contributed by atoms with van der Waals surface area (Å²) in [5, 5.41) is 6.61. The Kier molecular flexibility index (Phi) is 6.41. The zero-order valence-electron chi connectivity index (χ0n) is 14.0. The summed E-state index contributed by atoms with van der Waals surface area (Å²) in [4.78, 5) is 8.55. The molecule has 0 unspecified atom stereocenters. The standard InChI is InChI=1S/C18H24N4O/c1-14-12-15(7-8-17(14)23-3)13-22-18(19-2)21-11-9-16-6-4-5-10-20-16/h4-8,10,12H,9,11,13H2,1-3H3,(H2,19,21,22). The van der Waals surface area contributed by atoms with Gasteiger partial charge in [-0.1, -0.05) is 18.2 Å². The lowest BCUT2D eigenvalue weighted by atomic mass is 10.1. The van der Waals surface area contributed by atoms with Crippen molar-refractivity contribution >= 4 is 5.96 Å². The molecule has 0 aliphatic rings. The molecule has 2 N–H and O–H groups in total. The number of aryl methyl sites for hydroxylation is 1. The summed E-state index contributed by atoms with van der Waals surface area (Å²) < 4.78 is 5.28. The summed E-state index contributed by atoms with van der Waals surface area (Å²) in [6.07, 6.45) is 2.68. The van der Waals surface area contributed by atoms with Gasteiger partial charge in [0.25, 0.3) is 0 Å². The second kappa shape index (κ2) is 8.78. The van der Waals surface area contributed by atoms with Crippen LogP contribution in [0.25, 0.3) is 0 Å². The minimum Gasteiger partial charge on any atom is -0.496 e. The maximum atomic E-state index is 5.28. The summed E-state index contributed by atoms with van der Waals surface area (Å²) in [5.41, 5.74) is 3.39. The van der Waals surface area contributed by atoms with E-state index in [1.165, 1.54) is 5.56 Å². The molecule has 0 saturated carbocycles. The highest BCUT2D eigenvalue weighted by molar-refractivity contribution is 5.79. The number of ether oxygens (including phenoxy) is 1.